The highest BCUT2D eigenvalue weighted by atomic mass is 35.5. The topological polar surface area (TPSA) is 108 Å². The third kappa shape index (κ3) is 4.72. The molecule has 2 aliphatic rings. The summed E-state index contributed by atoms with van der Waals surface area (Å²) in [5.74, 6) is 2.60. The van der Waals surface area contributed by atoms with Gasteiger partial charge < -0.3 is 15.8 Å². The van der Waals surface area contributed by atoms with E-state index in [1.807, 2.05) is 36.4 Å². The predicted molar refractivity (Wildman–Crippen MR) is 125 cm³/mol. The van der Waals surface area contributed by atoms with Gasteiger partial charge in [-0.15, -0.1) is 10.2 Å². The maximum Gasteiger partial charge on any atom is 0.233 e. The smallest absolute Gasteiger partial charge is 0.233 e. The van der Waals surface area contributed by atoms with Crippen molar-refractivity contribution in [1.29, 1.82) is 0 Å². The van der Waals surface area contributed by atoms with Crippen LogP contribution in [0.1, 0.15) is 48.8 Å². The Morgan fingerprint density at radius 3 is 2.76 bits per heavy atom. The SMILES string of the molecule is NCC(=O)N[C@H]1Cc2cc(Cl)ccc2-n2c(nnc2C2CCC(Oc3ccccn3)CC2)C1. The van der Waals surface area contributed by atoms with Crippen molar-refractivity contribution in [2.45, 2.75) is 56.6 Å². The van der Waals surface area contributed by atoms with Gasteiger partial charge in [0, 0.05) is 35.7 Å². The molecule has 33 heavy (non-hydrogen) atoms. The van der Waals surface area contributed by atoms with E-state index in [0.29, 0.717) is 23.7 Å². The molecule has 9 heteroatoms. The van der Waals surface area contributed by atoms with Crippen molar-refractivity contribution in [1.82, 2.24) is 25.1 Å². The summed E-state index contributed by atoms with van der Waals surface area (Å²) in [5, 5.41) is 12.8. The first kappa shape index (κ1) is 21.9. The van der Waals surface area contributed by atoms with Crippen molar-refractivity contribution in [2.75, 3.05) is 6.54 Å². The first-order valence-electron chi connectivity index (χ1n) is 11.4. The van der Waals surface area contributed by atoms with Crippen LogP contribution < -0.4 is 15.8 Å². The van der Waals surface area contributed by atoms with E-state index in [1.54, 1.807) is 6.20 Å². The molecule has 2 aromatic heterocycles. The molecule has 1 aliphatic carbocycles. The largest absolute Gasteiger partial charge is 0.474 e. The fraction of sp³-hybridized carbons (Fsp3) is 0.417. The van der Waals surface area contributed by atoms with Crippen LogP contribution in [0.3, 0.4) is 0 Å². The van der Waals surface area contributed by atoms with Gasteiger partial charge in [0.1, 0.15) is 17.8 Å². The molecule has 1 amide bonds. The molecule has 0 unspecified atom stereocenters. The van der Waals surface area contributed by atoms with Crippen molar-refractivity contribution < 1.29 is 9.53 Å². The molecule has 1 aromatic carbocycles. The molecule has 0 radical (unpaired) electrons. The van der Waals surface area contributed by atoms with E-state index < -0.39 is 0 Å². The molecule has 3 N–H and O–H groups in total. The Balaban J connectivity index is 1.39. The van der Waals surface area contributed by atoms with E-state index in [2.05, 4.69) is 25.1 Å². The van der Waals surface area contributed by atoms with E-state index in [1.165, 1.54) is 0 Å². The third-order valence-corrected chi connectivity index (χ3v) is 6.68. The zero-order valence-electron chi connectivity index (χ0n) is 18.3. The van der Waals surface area contributed by atoms with Gasteiger partial charge in [0.15, 0.2) is 0 Å². The standard InChI is InChI=1S/C24H27ClN6O2/c25-17-6-9-20-16(11-17)12-18(28-22(32)14-26)13-21-29-30-24(31(20)21)15-4-7-19(8-5-15)33-23-3-1-2-10-27-23/h1-3,6,9-11,15,18-19H,4-5,7-8,12-14,26H2,(H,28,32)/t15?,18-,19?/m0/s1. The van der Waals surface area contributed by atoms with Crippen LogP contribution in [0.5, 0.6) is 5.88 Å². The fourth-order valence-electron chi connectivity index (χ4n) is 4.90. The summed E-state index contributed by atoms with van der Waals surface area (Å²) in [6.45, 7) is -0.0410. The van der Waals surface area contributed by atoms with Crippen molar-refractivity contribution in [3.05, 3.63) is 64.8 Å². The number of hydrogen-bond acceptors (Lipinski definition) is 6. The second kappa shape index (κ2) is 9.49. The Morgan fingerprint density at radius 1 is 1.15 bits per heavy atom. The second-order valence-electron chi connectivity index (χ2n) is 8.72. The molecule has 0 spiro atoms. The number of aromatic nitrogens is 4. The van der Waals surface area contributed by atoms with E-state index in [9.17, 15) is 4.79 Å². The number of ether oxygens (including phenoxy) is 1. The maximum absolute atomic E-state index is 12.0. The van der Waals surface area contributed by atoms with Gasteiger partial charge in [0.2, 0.25) is 11.8 Å². The van der Waals surface area contributed by atoms with Crippen LogP contribution in [0.25, 0.3) is 5.69 Å². The summed E-state index contributed by atoms with van der Waals surface area (Å²) in [6, 6.07) is 11.5. The van der Waals surface area contributed by atoms with Gasteiger partial charge in [-0.3, -0.25) is 9.36 Å². The van der Waals surface area contributed by atoms with Gasteiger partial charge in [0.25, 0.3) is 0 Å². The summed E-state index contributed by atoms with van der Waals surface area (Å²) in [5.41, 5.74) is 7.62. The number of fused-ring (bicyclic) bond motifs is 3. The fourth-order valence-corrected chi connectivity index (χ4v) is 5.09. The van der Waals surface area contributed by atoms with Crippen LogP contribution >= 0.6 is 11.6 Å². The van der Waals surface area contributed by atoms with Crippen molar-refractivity contribution >= 4 is 17.5 Å². The zero-order valence-corrected chi connectivity index (χ0v) is 19.0. The number of carbonyl (C=O) groups is 1. The van der Waals surface area contributed by atoms with Crippen LogP contribution in [0.2, 0.25) is 5.02 Å². The maximum atomic E-state index is 12.0. The minimum atomic E-state index is -0.178. The monoisotopic (exact) mass is 466 g/mol. The highest BCUT2D eigenvalue weighted by Crippen LogP contribution is 2.37. The van der Waals surface area contributed by atoms with E-state index in [0.717, 1.165) is 48.6 Å². The minimum absolute atomic E-state index is 0.0410. The number of nitrogens with one attached hydrogen (secondary N) is 1. The molecule has 3 aromatic rings. The second-order valence-corrected chi connectivity index (χ2v) is 9.16. The summed E-state index contributed by atoms with van der Waals surface area (Å²) in [6.07, 6.45) is 6.96. The van der Waals surface area contributed by atoms with Crippen LogP contribution in [-0.2, 0) is 17.6 Å². The Labute approximate surface area is 197 Å². The number of benzene rings is 1. The lowest BCUT2D eigenvalue weighted by atomic mass is 9.86. The Kier molecular flexibility index (Phi) is 6.28. The first-order valence-corrected chi connectivity index (χ1v) is 11.8. The average molecular weight is 467 g/mol. The number of amides is 1. The molecule has 1 aliphatic heterocycles. The minimum Gasteiger partial charge on any atom is -0.474 e. The lowest BCUT2D eigenvalue weighted by Crippen LogP contribution is -2.41. The molecular formula is C24H27ClN6O2. The molecule has 1 atom stereocenters. The normalized spacial score (nSPS) is 22.1. The quantitative estimate of drug-likeness (QED) is 0.598. The number of carbonyl (C=O) groups excluding carboxylic acids is 1. The molecule has 5 rings (SSSR count). The highest BCUT2D eigenvalue weighted by Gasteiger charge is 2.32. The highest BCUT2D eigenvalue weighted by molar-refractivity contribution is 6.30. The lowest BCUT2D eigenvalue weighted by Gasteiger charge is -2.28. The van der Waals surface area contributed by atoms with Crippen molar-refractivity contribution in [3.63, 3.8) is 0 Å². The van der Waals surface area contributed by atoms with Crippen LogP contribution in [-0.4, -0.2) is 44.3 Å². The van der Waals surface area contributed by atoms with Gasteiger partial charge in [-0.1, -0.05) is 17.7 Å². The number of hydrogen-bond donors (Lipinski definition) is 2. The van der Waals surface area contributed by atoms with E-state index >= 15 is 0 Å². The number of rotatable bonds is 5. The molecule has 0 bridgehead atoms. The van der Waals surface area contributed by atoms with E-state index in [-0.39, 0.29) is 30.5 Å². The third-order valence-electron chi connectivity index (χ3n) is 6.45. The van der Waals surface area contributed by atoms with Gasteiger partial charge in [-0.05, 0) is 61.9 Å². The predicted octanol–water partition coefficient (Wildman–Crippen LogP) is 2.96. The Hall–Kier alpha value is -2.97. The molecule has 8 nitrogen and oxygen atoms in total. The number of pyridine rings is 1. The summed E-state index contributed by atoms with van der Waals surface area (Å²) >= 11 is 6.32. The van der Waals surface area contributed by atoms with Crippen molar-refractivity contribution in [3.8, 4) is 11.6 Å². The molecule has 1 saturated carbocycles. The van der Waals surface area contributed by atoms with Crippen LogP contribution in [0, 0.1) is 0 Å². The number of nitrogens with zero attached hydrogens (tertiary/aromatic N) is 4. The average Bonchev–Trinajstić information content (AvgIpc) is 3.17. The van der Waals surface area contributed by atoms with Gasteiger partial charge >= 0.3 is 0 Å². The summed E-state index contributed by atoms with van der Waals surface area (Å²) in [7, 11) is 0. The molecule has 1 fully saturated rings. The lowest BCUT2D eigenvalue weighted by molar-refractivity contribution is -0.120. The Morgan fingerprint density at radius 2 is 2.00 bits per heavy atom. The Bertz CT molecular complexity index is 1130. The summed E-state index contributed by atoms with van der Waals surface area (Å²) in [4.78, 5) is 16.3. The van der Waals surface area contributed by atoms with Gasteiger partial charge in [-0.25, -0.2) is 4.98 Å². The molecule has 3 heterocycles. The molecule has 172 valence electrons. The van der Waals surface area contributed by atoms with Gasteiger partial charge in [-0.2, -0.15) is 0 Å². The zero-order chi connectivity index (χ0) is 22.8. The molecular weight excluding hydrogens is 440 g/mol. The molecule has 0 saturated heterocycles. The van der Waals surface area contributed by atoms with Crippen LogP contribution in [0.4, 0.5) is 0 Å². The number of halogens is 1. The van der Waals surface area contributed by atoms with Gasteiger partial charge in [0.05, 0.1) is 12.2 Å². The first-order chi connectivity index (χ1) is 16.1. The van der Waals surface area contributed by atoms with Crippen LogP contribution in [0.15, 0.2) is 42.6 Å². The van der Waals surface area contributed by atoms with Crippen molar-refractivity contribution in [2.24, 2.45) is 5.73 Å². The number of nitrogens with two attached hydrogens (primary N) is 1. The summed E-state index contributed by atoms with van der Waals surface area (Å²) < 4.78 is 8.24. The van der Waals surface area contributed by atoms with E-state index in [4.69, 9.17) is 22.1 Å².